The van der Waals surface area contributed by atoms with Crippen LogP contribution >= 0.6 is 0 Å². The molecule has 3 aromatic rings. The number of rotatable bonds is 6. The van der Waals surface area contributed by atoms with Gasteiger partial charge in [-0.15, -0.1) is 0 Å². The SMILES string of the molecule is C/C=C/Cn1c(N/N=C(/C)c2cccc([N+](=O)[O-])c2)nc2c1c(=O)[nH]c(=O)n2C. The summed E-state index contributed by atoms with van der Waals surface area (Å²) in [7, 11) is 1.51. The van der Waals surface area contributed by atoms with E-state index in [1.54, 1.807) is 23.6 Å². The zero-order chi connectivity index (χ0) is 21.1. The number of nitro groups is 1. The predicted molar refractivity (Wildman–Crippen MR) is 109 cm³/mol. The number of anilines is 1. The summed E-state index contributed by atoms with van der Waals surface area (Å²) in [5.74, 6) is 0.259. The number of hydrogen-bond donors (Lipinski definition) is 2. The Morgan fingerprint density at radius 1 is 1.41 bits per heavy atom. The average Bonchev–Trinajstić information content (AvgIpc) is 3.07. The molecule has 0 spiro atoms. The molecule has 1 aromatic carbocycles. The van der Waals surface area contributed by atoms with E-state index in [1.807, 2.05) is 19.1 Å². The normalized spacial score (nSPS) is 12.0. The first-order chi connectivity index (χ1) is 13.8. The van der Waals surface area contributed by atoms with Gasteiger partial charge in [-0.05, 0) is 13.8 Å². The van der Waals surface area contributed by atoms with Crippen LogP contribution in [0, 0.1) is 10.1 Å². The van der Waals surface area contributed by atoms with Gasteiger partial charge >= 0.3 is 5.69 Å². The van der Waals surface area contributed by atoms with E-state index in [4.69, 9.17) is 0 Å². The summed E-state index contributed by atoms with van der Waals surface area (Å²) in [5, 5.41) is 15.2. The highest BCUT2D eigenvalue weighted by Gasteiger charge is 2.16. The number of nitro benzene ring substituents is 1. The molecule has 0 bridgehead atoms. The predicted octanol–water partition coefficient (Wildman–Crippen LogP) is 1.74. The first-order valence-corrected chi connectivity index (χ1v) is 8.69. The fourth-order valence-electron chi connectivity index (χ4n) is 2.75. The van der Waals surface area contributed by atoms with Gasteiger partial charge in [-0.1, -0.05) is 24.3 Å². The molecule has 11 nitrogen and oxygen atoms in total. The van der Waals surface area contributed by atoms with Gasteiger partial charge < -0.3 is 0 Å². The van der Waals surface area contributed by atoms with Gasteiger partial charge in [-0.3, -0.25) is 29.0 Å². The van der Waals surface area contributed by atoms with E-state index in [0.717, 1.165) is 0 Å². The summed E-state index contributed by atoms with van der Waals surface area (Å²) >= 11 is 0. The molecule has 29 heavy (non-hydrogen) atoms. The third kappa shape index (κ3) is 3.83. The molecule has 0 aliphatic carbocycles. The second-order valence-corrected chi connectivity index (χ2v) is 6.22. The number of nitrogens with zero attached hydrogens (tertiary/aromatic N) is 5. The molecule has 0 amide bonds. The van der Waals surface area contributed by atoms with Crippen LogP contribution in [-0.2, 0) is 13.6 Å². The molecule has 0 atom stereocenters. The van der Waals surface area contributed by atoms with Crippen LogP contribution < -0.4 is 16.7 Å². The minimum atomic E-state index is -0.569. The zero-order valence-electron chi connectivity index (χ0n) is 16.0. The van der Waals surface area contributed by atoms with Crippen molar-refractivity contribution >= 4 is 28.5 Å². The van der Waals surface area contributed by atoms with Crippen LogP contribution in [0.3, 0.4) is 0 Å². The number of allylic oxidation sites excluding steroid dienone is 2. The highest BCUT2D eigenvalue weighted by molar-refractivity contribution is 5.99. The van der Waals surface area contributed by atoms with Crippen LogP contribution in [0.15, 0.2) is 51.1 Å². The Morgan fingerprint density at radius 2 is 2.17 bits per heavy atom. The van der Waals surface area contributed by atoms with Crippen LogP contribution in [0.4, 0.5) is 11.6 Å². The van der Waals surface area contributed by atoms with Crippen LogP contribution in [0.25, 0.3) is 11.2 Å². The largest absolute Gasteiger partial charge is 0.329 e. The van der Waals surface area contributed by atoms with Gasteiger partial charge in [-0.2, -0.15) is 10.1 Å². The van der Waals surface area contributed by atoms with Crippen molar-refractivity contribution in [2.75, 3.05) is 5.43 Å². The molecule has 0 fully saturated rings. The van der Waals surface area contributed by atoms with Crippen LogP contribution in [0.1, 0.15) is 19.4 Å². The van der Waals surface area contributed by atoms with Gasteiger partial charge in [0.05, 0.1) is 10.6 Å². The van der Waals surface area contributed by atoms with Crippen LogP contribution in [0.5, 0.6) is 0 Å². The Balaban J connectivity index is 2.06. The molecule has 2 N–H and O–H groups in total. The van der Waals surface area contributed by atoms with Crippen molar-refractivity contribution in [1.82, 2.24) is 19.1 Å². The highest BCUT2D eigenvalue weighted by Crippen LogP contribution is 2.17. The monoisotopic (exact) mass is 397 g/mol. The van der Waals surface area contributed by atoms with Crippen molar-refractivity contribution in [2.24, 2.45) is 12.1 Å². The van der Waals surface area contributed by atoms with Crippen LogP contribution in [-0.4, -0.2) is 29.7 Å². The first kappa shape index (κ1) is 19.7. The van der Waals surface area contributed by atoms with E-state index in [1.165, 1.54) is 23.7 Å². The van der Waals surface area contributed by atoms with Gasteiger partial charge in [0.1, 0.15) is 0 Å². The fourth-order valence-corrected chi connectivity index (χ4v) is 2.75. The average molecular weight is 397 g/mol. The van der Waals surface area contributed by atoms with E-state index < -0.39 is 16.2 Å². The lowest BCUT2D eigenvalue weighted by molar-refractivity contribution is -0.384. The van der Waals surface area contributed by atoms with Crippen LogP contribution in [0.2, 0.25) is 0 Å². The molecular formula is C18H19N7O4. The van der Waals surface area contributed by atoms with E-state index in [9.17, 15) is 19.7 Å². The minimum absolute atomic E-state index is 0.0427. The Bertz CT molecular complexity index is 1260. The van der Waals surface area contributed by atoms with Crippen molar-refractivity contribution in [2.45, 2.75) is 20.4 Å². The van der Waals surface area contributed by atoms with E-state index >= 15 is 0 Å². The highest BCUT2D eigenvalue weighted by atomic mass is 16.6. The zero-order valence-corrected chi connectivity index (χ0v) is 16.0. The van der Waals surface area contributed by atoms with E-state index in [-0.39, 0.29) is 22.8 Å². The maximum atomic E-state index is 12.3. The Kier molecular flexibility index (Phi) is 5.39. The molecule has 11 heteroatoms. The van der Waals surface area contributed by atoms with Gasteiger partial charge in [-0.25, -0.2) is 10.2 Å². The number of benzene rings is 1. The smallest absolute Gasteiger partial charge is 0.299 e. The number of hydrazone groups is 1. The number of fused-ring (bicyclic) bond motifs is 1. The van der Waals surface area contributed by atoms with Gasteiger partial charge in [0, 0.05) is 31.3 Å². The van der Waals surface area contributed by atoms with E-state index in [0.29, 0.717) is 17.8 Å². The van der Waals surface area contributed by atoms with Crippen molar-refractivity contribution in [3.05, 3.63) is 72.9 Å². The summed E-state index contributed by atoms with van der Waals surface area (Å²) in [6.07, 6.45) is 3.65. The molecule has 150 valence electrons. The molecule has 0 radical (unpaired) electrons. The number of aromatic amines is 1. The lowest BCUT2D eigenvalue weighted by Gasteiger charge is -2.06. The number of imidazole rings is 1. The molecule has 0 saturated heterocycles. The Morgan fingerprint density at radius 3 is 2.86 bits per heavy atom. The standard InChI is InChI=1S/C18H19N7O4/c1-4-5-9-24-14-15(23(3)18(27)20-16(14)26)19-17(24)22-21-11(2)12-7-6-8-13(10-12)25(28)29/h4-8,10H,9H2,1-3H3,(H,19,22)(H,20,26,27)/b5-4+,21-11-. The number of nitrogens with one attached hydrogen (secondary N) is 2. The topological polar surface area (TPSA) is 140 Å². The third-order valence-electron chi connectivity index (χ3n) is 4.33. The van der Waals surface area contributed by atoms with Gasteiger partial charge in [0.25, 0.3) is 11.2 Å². The fraction of sp³-hybridized carbons (Fsp3) is 0.222. The lowest BCUT2D eigenvalue weighted by atomic mass is 10.1. The third-order valence-corrected chi connectivity index (χ3v) is 4.33. The maximum absolute atomic E-state index is 12.3. The molecular weight excluding hydrogens is 378 g/mol. The summed E-state index contributed by atoms with van der Waals surface area (Å²) in [4.78, 5) is 41.3. The van der Waals surface area contributed by atoms with E-state index in [2.05, 4.69) is 20.5 Å². The second kappa shape index (κ2) is 7.92. The number of aromatic nitrogens is 4. The molecule has 0 aliphatic heterocycles. The molecule has 0 unspecified atom stereocenters. The summed E-state index contributed by atoms with van der Waals surface area (Å²) in [5.41, 5.74) is 3.14. The Labute approximate surface area is 164 Å². The molecule has 0 saturated carbocycles. The number of non-ortho nitro benzene ring substituents is 1. The molecule has 2 heterocycles. The molecule has 2 aromatic heterocycles. The summed E-state index contributed by atoms with van der Waals surface area (Å²) < 4.78 is 2.84. The maximum Gasteiger partial charge on any atom is 0.329 e. The molecule has 0 aliphatic rings. The van der Waals surface area contributed by atoms with Crippen molar-refractivity contribution in [1.29, 1.82) is 0 Å². The lowest BCUT2D eigenvalue weighted by Crippen LogP contribution is -2.29. The summed E-state index contributed by atoms with van der Waals surface area (Å²) in [6, 6.07) is 6.08. The quantitative estimate of drug-likeness (QED) is 0.281. The molecule has 3 rings (SSSR count). The van der Waals surface area contributed by atoms with Crippen molar-refractivity contribution in [3.63, 3.8) is 0 Å². The number of hydrogen-bond acceptors (Lipinski definition) is 7. The summed E-state index contributed by atoms with van der Waals surface area (Å²) in [6.45, 7) is 3.87. The van der Waals surface area contributed by atoms with Gasteiger partial charge in [0.2, 0.25) is 5.95 Å². The number of aryl methyl sites for hydroxylation is 1. The number of H-pyrrole nitrogens is 1. The minimum Gasteiger partial charge on any atom is -0.299 e. The van der Waals surface area contributed by atoms with Crippen molar-refractivity contribution in [3.8, 4) is 0 Å². The second-order valence-electron chi connectivity index (χ2n) is 6.22. The Hall–Kier alpha value is -4.02. The van der Waals surface area contributed by atoms with Crippen molar-refractivity contribution < 1.29 is 4.92 Å². The van der Waals surface area contributed by atoms with Gasteiger partial charge in [0.15, 0.2) is 11.2 Å². The first-order valence-electron chi connectivity index (χ1n) is 8.69.